The lowest BCUT2D eigenvalue weighted by atomic mass is 9.71. The molecule has 4 unspecified atom stereocenters. The minimum Gasteiger partial charge on any atom is -0.456 e. The van der Waals surface area contributed by atoms with Gasteiger partial charge in [-0.3, -0.25) is 9.69 Å². The summed E-state index contributed by atoms with van der Waals surface area (Å²) in [6.07, 6.45) is 6.77. The van der Waals surface area contributed by atoms with Gasteiger partial charge in [-0.2, -0.15) is 0 Å². The third-order valence-corrected chi connectivity index (χ3v) is 8.76. The maximum Gasteiger partial charge on any atom is 0.266 e. The van der Waals surface area contributed by atoms with Crippen molar-refractivity contribution in [1.82, 2.24) is 4.90 Å². The fourth-order valence-corrected chi connectivity index (χ4v) is 7.10. The molecule has 3 saturated carbocycles. The second-order valence-electron chi connectivity index (χ2n) is 8.66. The molecule has 2 heterocycles. The van der Waals surface area contributed by atoms with Crippen molar-refractivity contribution in [2.24, 2.45) is 17.3 Å². The van der Waals surface area contributed by atoms with E-state index in [1.807, 2.05) is 41.3 Å². The van der Waals surface area contributed by atoms with Crippen LogP contribution in [0.4, 0.5) is 0 Å². The highest BCUT2D eigenvalue weighted by Crippen LogP contribution is 2.77. The first-order valence-electron chi connectivity index (χ1n) is 10.2. The van der Waals surface area contributed by atoms with Crippen LogP contribution in [0.1, 0.15) is 37.0 Å². The number of thioether (sulfide) groups is 1. The smallest absolute Gasteiger partial charge is 0.266 e. The molecule has 2 aromatic rings. The largest absolute Gasteiger partial charge is 0.456 e. The molecule has 6 rings (SSSR count). The van der Waals surface area contributed by atoms with Gasteiger partial charge in [0.2, 0.25) is 0 Å². The summed E-state index contributed by atoms with van der Waals surface area (Å²) in [5.41, 5.74) is 2.16. The molecule has 1 aromatic heterocycles. The highest BCUT2D eigenvalue weighted by Gasteiger charge is 2.72. The van der Waals surface area contributed by atoms with E-state index in [2.05, 4.69) is 0 Å². The molecule has 29 heavy (non-hydrogen) atoms. The number of amides is 1. The molecule has 4 atom stereocenters. The summed E-state index contributed by atoms with van der Waals surface area (Å²) in [5, 5.41) is 9.78. The first-order valence-corrected chi connectivity index (χ1v) is 11.4. The van der Waals surface area contributed by atoms with Gasteiger partial charge in [0.1, 0.15) is 15.8 Å². The van der Waals surface area contributed by atoms with Crippen LogP contribution in [0.3, 0.4) is 0 Å². The minimum absolute atomic E-state index is 0.00472. The van der Waals surface area contributed by atoms with Crippen LogP contribution in [0.15, 0.2) is 45.7 Å². The fourth-order valence-electron chi connectivity index (χ4n) is 5.76. The van der Waals surface area contributed by atoms with Gasteiger partial charge in [0, 0.05) is 23.2 Å². The topological polar surface area (TPSA) is 53.7 Å². The molecule has 0 bridgehead atoms. The zero-order valence-corrected chi connectivity index (χ0v) is 17.5. The number of carbonyl (C=O) groups is 1. The van der Waals surface area contributed by atoms with Gasteiger partial charge >= 0.3 is 0 Å². The number of furan rings is 1. The number of hydrogen-bond acceptors (Lipinski definition) is 5. The van der Waals surface area contributed by atoms with Crippen LogP contribution >= 0.6 is 24.0 Å². The average molecular weight is 424 g/mol. The van der Waals surface area contributed by atoms with E-state index in [9.17, 15) is 9.90 Å². The quantitative estimate of drug-likeness (QED) is 0.564. The van der Waals surface area contributed by atoms with Crippen LogP contribution in [-0.2, 0) is 11.4 Å². The molecule has 1 aromatic carbocycles. The van der Waals surface area contributed by atoms with E-state index < -0.39 is 0 Å². The Balaban J connectivity index is 1.30. The lowest BCUT2D eigenvalue weighted by Crippen LogP contribution is -2.39. The first-order chi connectivity index (χ1) is 14.1. The standard InChI is InChI=1S/C23H21NO3S2/c25-12-14-8-18(13-4-2-1-3-5-13)27-19(14)10-20-21(26)24(22(28)29-20)17-9-15-6-7-23(15)11-16(17)23/h1-5,8,10,15-17,25H,6-7,9,11-12H2/b20-10-. The molecular formula is C23H21NO3S2. The zero-order valence-electron chi connectivity index (χ0n) is 15.8. The Bertz CT molecular complexity index is 1060. The van der Waals surface area contributed by atoms with Crippen LogP contribution < -0.4 is 0 Å². The van der Waals surface area contributed by atoms with Crippen molar-refractivity contribution in [3.63, 3.8) is 0 Å². The molecule has 1 N–H and O–H groups in total. The Labute approximate surface area is 179 Å². The maximum absolute atomic E-state index is 13.2. The van der Waals surface area contributed by atoms with Crippen molar-refractivity contribution in [1.29, 1.82) is 0 Å². The summed E-state index contributed by atoms with van der Waals surface area (Å²) in [6, 6.07) is 11.9. The predicted octanol–water partition coefficient (Wildman–Crippen LogP) is 4.83. The number of rotatable bonds is 4. The lowest BCUT2D eigenvalue weighted by Gasteiger charge is -2.34. The maximum atomic E-state index is 13.2. The Morgan fingerprint density at radius 3 is 2.79 bits per heavy atom. The third kappa shape index (κ3) is 2.55. The molecule has 1 saturated heterocycles. The summed E-state index contributed by atoms with van der Waals surface area (Å²) >= 11 is 6.96. The Morgan fingerprint density at radius 2 is 2.17 bits per heavy atom. The Hall–Kier alpha value is -1.89. The van der Waals surface area contributed by atoms with Gasteiger partial charge in [-0.25, -0.2) is 0 Å². The van der Waals surface area contributed by atoms with Crippen LogP contribution in [0.25, 0.3) is 17.4 Å². The van der Waals surface area contributed by atoms with Crippen molar-refractivity contribution in [2.45, 2.75) is 38.3 Å². The van der Waals surface area contributed by atoms with Crippen molar-refractivity contribution in [3.8, 4) is 11.3 Å². The molecule has 148 valence electrons. The monoisotopic (exact) mass is 423 g/mol. The Kier molecular flexibility index (Phi) is 3.90. The van der Waals surface area contributed by atoms with Crippen LogP contribution in [-0.4, -0.2) is 26.3 Å². The van der Waals surface area contributed by atoms with E-state index in [0.29, 0.717) is 37.6 Å². The van der Waals surface area contributed by atoms with E-state index in [1.165, 1.54) is 31.0 Å². The number of aliphatic hydroxyl groups is 1. The molecule has 4 aliphatic rings. The van der Waals surface area contributed by atoms with Gasteiger partial charge < -0.3 is 9.52 Å². The summed E-state index contributed by atoms with van der Waals surface area (Å²) in [6.45, 7) is -0.142. The van der Waals surface area contributed by atoms with Gasteiger partial charge in [0.25, 0.3) is 5.91 Å². The van der Waals surface area contributed by atoms with E-state index >= 15 is 0 Å². The lowest BCUT2D eigenvalue weighted by molar-refractivity contribution is -0.123. The minimum atomic E-state index is -0.142. The van der Waals surface area contributed by atoms with Crippen molar-refractivity contribution in [2.75, 3.05) is 0 Å². The zero-order chi connectivity index (χ0) is 19.8. The number of aliphatic hydroxyl groups excluding tert-OH is 1. The number of thiocarbonyl (C=S) groups is 1. The highest BCUT2D eigenvalue weighted by molar-refractivity contribution is 8.26. The molecular weight excluding hydrogens is 402 g/mol. The van der Waals surface area contributed by atoms with E-state index in [0.717, 1.165) is 17.9 Å². The van der Waals surface area contributed by atoms with Gasteiger partial charge in [-0.1, -0.05) is 54.3 Å². The van der Waals surface area contributed by atoms with E-state index in [-0.39, 0.29) is 18.6 Å². The summed E-state index contributed by atoms with van der Waals surface area (Å²) < 4.78 is 6.67. The SMILES string of the molecule is O=C1/C(=C/c2oc(-c3ccccc3)cc2CO)SC(=S)N1C1CC2CCC23CC13. The summed E-state index contributed by atoms with van der Waals surface area (Å²) in [4.78, 5) is 15.7. The summed E-state index contributed by atoms with van der Waals surface area (Å²) in [5.74, 6) is 2.65. The molecule has 1 amide bonds. The fraction of sp³-hybridized carbons (Fsp3) is 0.391. The highest BCUT2D eigenvalue weighted by atomic mass is 32.2. The molecule has 6 heteroatoms. The molecule has 4 nitrogen and oxygen atoms in total. The second-order valence-corrected chi connectivity index (χ2v) is 10.3. The van der Waals surface area contributed by atoms with Crippen molar-refractivity contribution < 1.29 is 14.3 Å². The first kappa shape index (κ1) is 17.9. The van der Waals surface area contributed by atoms with E-state index in [1.54, 1.807) is 6.08 Å². The number of carbonyl (C=O) groups excluding carboxylic acids is 1. The average Bonchev–Trinajstić information content (AvgIpc) is 3.21. The van der Waals surface area contributed by atoms with E-state index in [4.69, 9.17) is 16.6 Å². The number of hydrogen-bond donors (Lipinski definition) is 1. The van der Waals surface area contributed by atoms with Gasteiger partial charge in [-0.05, 0) is 49.0 Å². The third-order valence-electron chi connectivity index (χ3n) is 7.43. The number of nitrogens with zero attached hydrogens (tertiary/aromatic N) is 1. The predicted molar refractivity (Wildman–Crippen MR) is 117 cm³/mol. The van der Waals surface area contributed by atoms with Gasteiger partial charge in [-0.15, -0.1) is 0 Å². The normalized spacial score (nSPS) is 33.8. The molecule has 1 spiro atoms. The summed E-state index contributed by atoms with van der Waals surface area (Å²) in [7, 11) is 0. The van der Waals surface area contributed by atoms with Gasteiger partial charge in [0.05, 0.1) is 11.5 Å². The van der Waals surface area contributed by atoms with Crippen LogP contribution in [0.5, 0.6) is 0 Å². The van der Waals surface area contributed by atoms with Crippen molar-refractivity contribution >= 4 is 40.3 Å². The second kappa shape index (κ2) is 6.30. The van der Waals surface area contributed by atoms with Crippen molar-refractivity contribution in [3.05, 3.63) is 52.6 Å². The van der Waals surface area contributed by atoms with Crippen LogP contribution in [0, 0.1) is 17.3 Å². The Morgan fingerprint density at radius 1 is 1.34 bits per heavy atom. The van der Waals surface area contributed by atoms with Crippen LogP contribution in [0.2, 0.25) is 0 Å². The van der Waals surface area contributed by atoms with Gasteiger partial charge in [0.15, 0.2) is 0 Å². The molecule has 4 fully saturated rings. The molecule has 0 radical (unpaired) electrons. The molecule has 3 aliphatic carbocycles. The number of benzene rings is 1. The molecule has 1 aliphatic heterocycles.